The first kappa shape index (κ1) is 18.5. The minimum Gasteiger partial charge on any atom is -0.241 e. The highest BCUT2D eigenvalue weighted by Crippen LogP contribution is 2.26. The summed E-state index contributed by atoms with van der Waals surface area (Å²) >= 11 is 0. The fourth-order valence-corrected chi connectivity index (χ4v) is 2.70. The van der Waals surface area contributed by atoms with E-state index in [2.05, 4.69) is 62.6 Å². The van der Waals surface area contributed by atoms with Gasteiger partial charge in [-0.15, -0.1) is 0 Å². The van der Waals surface area contributed by atoms with Gasteiger partial charge in [0.25, 0.3) is 0 Å². The molecular weight excluding hydrogens is 296 g/mol. The third-order valence-corrected chi connectivity index (χ3v) is 4.57. The maximum Gasteiger partial charge on any atom is 0.131 e. The molecule has 0 bridgehead atoms. The molecule has 2 aromatic rings. The van der Waals surface area contributed by atoms with Crippen LogP contribution in [0.25, 0.3) is 0 Å². The highest BCUT2D eigenvalue weighted by molar-refractivity contribution is 5.15. The summed E-state index contributed by atoms with van der Waals surface area (Å²) in [5, 5.41) is 0. The predicted octanol–water partition coefficient (Wildman–Crippen LogP) is 5.20. The average molecular weight is 326 g/mol. The van der Waals surface area contributed by atoms with E-state index in [4.69, 9.17) is 4.98 Å². The number of hydrogen-bond donors (Lipinski definition) is 0. The summed E-state index contributed by atoms with van der Waals surface area (Å²) in [6.07, 6.45) is 5.71. The van der Waals surface area contributed by atoms with Gasteiger partial charge in [0.1, 0.15) is 12.2 Å². The molecule has 0 N–H and O–H groups in total. The van der Waals surface area contributed by atoms with Gasteiger partial charge < -0.3 is 0 Å². The smallest absolute Gasteiger partial charge is 0.131 e. The molecule has 2 aromatic heterocycles. The Labute approximate surface area is 146 Å². The van der Waals surface area contributed by atoms with Gasteiger partial charge in [0.2, 0.25) is 0 Å². The van der Waals surface area contributed by atoms with E-state index in [0.29, 0.717) is 23.7 Å². The molecule has 0 amide bonds. The van der Waals surface area contributed by atoms with E-state index in [9.17, 15) is 0 Å². The maximum absolute atomic E-state index is 4.72. The summed E-state index contributed by atoms with van der Waals surface area (Å²) in [4.78, 5) is 18.0. The molecule has 2 atom stereocenters. The van der Waals surface area contributed by atoms with Crippen molar-refractivity contribution in [3.8, 4) is 0 Å². The van der Waals surface area contributed by atoms with Crippen molar-refractivity contribution in [3.05, 3.63) is 47.6 Å². The third-order valence-electron chi connectivity index (χ3n) is 4.57. The first-order chi connectivity index (χ1) is 11.4. The Balaban J connectivity index is 1.99. The van der Waals surface area contributed by atoms with Gasteiger partial charge in [0.15, 0.2) is 0 Å². The normalized spacial score (nSPS) is 14.2. The van der Waals surface area contributed by atoms with Gasteiger partial charge in [-0.2, -0.15) is 0 Å². The minimum absolute atomic E-state index is 0.359. The van der Waals surface area contributed by atoms with Crippen molar-refractivity contribution in [1.82, 2.24) is 19.9 Å². The SMILES string of the molecule is CC(C)c1cc(C(C)CCC(C)c2nccc(C(C)C)n2)ncn1. The Morgan fingerprint density at radius 2 is 1.38 bits per heavy atom. The summed E-state index contributed by atoms with van der Waals surface area (Å²) < 4.78 is 0. The molecule has 4 nitrogen and oxygen atoms in total. The maximum atomic E-state index is 4.72. The van der Waals surface area contributed by atoms with Crippen molar-refractivity contribution >= 4 is 0 Å². The van der Waals surface area contributed by atoms with E-state index in [1.165, 1.54) is 0 Å². The molecule has 0 saturated carbocycles. The molecule has 0 saturated heterocycles. The van der Waals surface area contributed by atoms with Crippen LogP contribution in [0.1, 0.15) is 101 Å². The second-order valence-corrected chi connectivity index (χ2v) is 7.40. The van der Waals surface area contributed by atoms with Crippen molar-refractivity contribution in [2.75, 3.05) is 0 Å². The predicted molar refractivity (Wildman–Crippen MR) is 98.3 cm³/mol. The Hall–Kier alpha value is -1.84. The number of nitrogens with zero attached hydrogens (tertiary/aromatic N) is 4. The minimum atomic E-state index is 0.359. The molecule has 130 valence electrons. The largest absolute Gasteiger partial charge is 0.241 e. The van der Waals surface area contributed by atoms with Crippen molar-refractivity contribution < 1.29 is 0 Å². The van der Waals surface area contributed by atoms with Crippen LogP contribution in [0.15, 0.2) is 24.7 Å². The van der Waals surface area contributed by atoms with Crippen LogP contribution in [-0.4, -0.2) is 19.9 Å². The number of rotatable bonds is 7. The van der Waals surface area contributed by atoms with E-state index in [1.807, 2.05) is 12.3 Å². The molecule has 24 heavy (non-hydrogen) atoms. The van der Waals surface area contributed by atoms with Gasteiger partial charge >= 0.3 is 0 Å². The monoisotopic (exact) mass is 326 g/mol. The molecule has 0 aliphatic rings. The van der Waals surface area contributed by atoms with Gasteiger partial charge in [-0.1, -0.05) is 41.5 Å². The summed E-state index contributed by atoms with van der Waals surface area (Å²) in [6.45, 7) is 13.1. The average Bonchev–Trinajstić information content (AvgIpc) is 2.59. The standard InChI is InChI=1S/C20H30N4/c1-13(2)17-9-10-21-20(24-17)16(6)8-7-15(5)19-11-18(14(3)4)22-12-23-19/h9-16H,7-8H2,1-6H3. The Bertz CT molecular complexity index is 594. The quantitative estimate of drug-likeness (QED) is 0.701. The van der Waals surface area contributed by atoms with Gasteiger partial charge in [0, 0.05) is 29.2 Å². The zero-order chi connectivity index (χ0) is 17.7. The van der Waals surface area contributed by atoms with Gasteiger partial charge in [0.05, 0.1) is 0 Å². The molecule has 0 aliphatic heterocycles. The van der Waals surface area contributed by atoms with Crippen molar-refractivity contribution in [2.24, 2.45) is 0 Å². The summed E-state index contributed by atoms with van der Waals surface area (Å²) in [6, 6.07) is 4.16. The molecule has 0 spiro atoms. The zero-order valence-corrected chi connectivity index (χ0v) is 15.8. The van der Waals surface area contributed by atoms with Crippen LogP contribution in [0, 0.1) is 0 Å². The van der Waals surface area contributed by atoms with Crippen LogP contribution in [0.5, 0.6) is 0 Å². The molecule has 2 unspecified atom stereocenters. The Morgan fingerprint density at radius 1 is 0.750 bits per heavy atom. The van der Waals surface area contributed by atoms with E-state index in [0.717, 1.165) is 35.7 Å². The van der Waals surface area contributed by atoms with Crippen LogP contribution in [0.2, 0.25) is 0 Å². The molecule has 4 heteroatoms. The van der Waals surface area contributed by atoms with Gasteiger partial charge in [-0.25, -0.2) is 19.9 Å². The molecular formula is C20H30N4. The van der Waals surface area contributed by atoms with Crippen LogP contribution >= 0.6 is 0 Å². The lowest BCUT2D eigenvalue weighted by Crippen LogP contribution is -2.07. The fourth-order valence-electron chi connectivity index (χ4n) is 2.70. The number of hydrogen-bond acceptors (Lipinski definition) is 4. The lowest BCUT2D eigenvalue weighted by molar-refractivity contribution is 0.543. The van der Waals surface area contributed by atoms with E-state index < -0.39 is 0 Å². The summed E-state index contributed by atoms with van der Waals surface area (Å²) in [7, 11) is 0. The molecule has 0 radical (unpaired) electrons. The first-order valence-corrected chi connectivity index (χ1v) is 9.03. The van der Waals surface area contributed by atoms with Crippen LogP contribution < -0.4 is 0 Å². The zero-order valence-electron chi connectivity index (χ0n) is 15.8. The molecule has 2 rings (SSSR count). The van der Waals surface area contributed by atoms with Gasteiger partial charge in [-0.3, -0.25) is 0 Å². The topological polar surface area (TPSA) is 51.6 Å². The fraction of sp³-hybridized carbons (Fsp3) is 0.600. The highest BCUT2D eigenvalue weighted by atomic mass is 14.9. The molecule has 0 aliphatic carbocycles. The summed E-state index contributed by atoms with van der Waals surface area (Å²) in [5.41, 5.74) is 3.38. The van der Waals surface area contributed by atoms with Crippen molar-refractivity contribution in [2.45, 2.75) is 78.1 Å². The lowest BCUT2D eigenvalue weighted by atomic mass is 9.94. The summed E-state index contributed by atoms with van der Waals surface area (Å²) in [5.74, 6) is 2.61. The van der Waals surface area contributed by atoms with E-state index in [-0.39, 0.29) is 0 Å². The van der Waals surface area contributed by atoms with E-state index >= 15 is 0 Å². The molecule has 0 aromatic carbocycles. The third kappa shape index (κ3) is 4.83. The Kier molecular flexibility index (Phi) is 6.41. The van der Waals surface area contributed by atoms with Crippen LogP contribution in [-0.2, 0) is 0 Å². The molecule has 2 heterocycles. The highest BCUT2D eigenvalue weighted by Gasteiger charge is 2.15. The van der Waals surface area contributed by atoms with Crippen LogP contribution in [0.4, 0.5) is 0 Å². The Morgan fingerprint density at radius 3 is 2.04 bits per heavy atom. The first-order valence-electron chi connectivity index (χ1n) is 9.03. The van der Waals surface area contributed by atoms with Crippen molar-refractivity contribution in [1.29, 1.82) is 0 Å². The van der Waals surface area contributed by atoms with Gasteiger partial charge in [-0.05, 0) is 42.7 Å². The van der Waals surface area contributed by atoms with E-state index in [1.54, 1.807) is 6.33 Å². The lowest BCUT2D eigenvalue weighted by Gasteiger charge is -2.16. The number of aromatic nitrogens is 4. The molecule has 0 fully saturated rings. The van der Waals surface area contributed by atoms with Crippen LogP contribution in [0.3, 0.4) is 0 Å². The van der Waals surface area contributed by atoms with Crippen molar-refractivity contribution in [3.63, 3.8) is 0 Å². The second-order valence-electron chi connectivity index (χ2n) is 7.40. The second kappa shape index (κ2) is 8.32.